The topological polar surface area (TPSA) is 61.9 Å². The van der Waals surface area contributed by atoms with Gasteiger partial charge in [-0.3, -0.25) is 4.57 Å². The van der Waals surface area contributed by atoms with Crippen LogP contribution in [0.1, 0.15) is 5.69 Å². The molecule has 0 aliphatic heterocycles. The van der Waals surface area contributed by atoms with E-state index < -0.39 is 5.97 Å². The number of aryl methyl sites for hydroxylation is 2. The van der Waals surface area contributed by atoms with Crippen LogP contribution in [0.15, 0.2) is 43.2 Å². The normalized spacial score (nSPS) is 10.8. The molecule has 3 rings (SSSR count). The second-order valence-electron chi connectivity index (χ2n) is 4.59. The summed E-state index contributed by atoms with van der Waals surface area (Å²) >= 11 is 0. The maximum atomic E-state index is 11.5. The minimum absolute atomic E-state index is 0.408. The number of hydrogen-bond acceptors (Lipinski definition) is 4. The van der Waals surface area contributed by atoms with Gasteiger partial charge in [0.15, 0.2) is 11.6 Å². The predicted octanol–water partition coefficient (Wildman–Crippen LogP) is 2.16. The van der Waals surface area contributed by atoms with E-state index in [1.54, 1.807) is 24.9 Å². The van der Waals surface area contributed by atoms with E-state index in [2.05, 4.69) is 16.7 Å². The lowest BCUT2D eigenvalue weighted by Gasteiger charge is -2.08. The molecular formula is C15H14N4O2. The van der Waals surface area contributed by atoms with E-state index in [1.165, 1.54) is 0 Å². The Morgan fingerprint density at radius 2 is 2.24 bits per heavy atom. The number of aromatic nitrogens is 4. The molecule has 0 bridgehead atoms. The third-order valence-electron chi connectivity index (χ3n) is 3.18. The van der Waals surface area contributed by atoms with Gasteiger partial charge in [-0.05, 0) is 25.1 Å². The van der Waals surface area contributed by atoms with Crippen LogP contribution in [0.2, 0.25) is 0 Å². The number of nitrogens with zero attached hydrogens (tertiary/aromatic N) is 4. The molecule has 6 heteroatoms. The number of fused-ring (bicyclic) bond motifs is 1. The van der Waals surface area contributed by atoms with Gasteiger partial charge in [0.05, 0.1) is 0 Å². The van der Waals surface area contributed by atoms with Crippen molar-refractivity contribution in [1.82, 2.24) is 19.3 Å². The van der Waals surface area contributed by atoms with Crippen LogP contribution in [0.3, 0.4) is 0 Å². The van der Waals surface area contributed by atoms with Crippen molar-refractivity contribution in [2.24, 2.45) is 7.05 Å². The lowest BCUT2D eigenvalue weighted by atomic mass is 10.3. The molecule has 6 nitrogen and oxygen atoms in total. The minimum Gasteiger partial charge on any atom is -0.417 e. The highest BCUT2D eigenvalue weighted by Crippen LogP contribution is 2.29. The van der Waals surface area contributed by atoms with Crippen molar-refractivity contribution in [3.05, 3.63) is 48.9 Å². The molecule has 3 aromatic heterocycles. The van der Waals surface area contributed by atoms with Crippen molar-refractivity contribution < 1.29 is 9.53 Å². The summed E-state index contributed by atoms with van der Waals surface area (Å²) < 4.78 is 8.84. The maximum Gasteiger partial charge on any atom is 0.335 e. The zero-order valence-electron chi connectivity index (χ0n) is 11.8. The Labute approximate surface area is 121 Å². The summed E-state index contributed by atoms with van der Waals surface area (Å²) in [6.07, 6.45) is 4.72. The Morgan fingerprint density at radius 1 is 1.43 bits per heavy atom. The van der Waals surface area contributed by atoms with Crippen molar-refractivity contribution in [2.45, 2.75) is 6.92 Å². The third kappa shape index (κ3) is 2.10. The van der Waals surface area contributed by atoms with E-state index in [0.717, 1.165) is 17.1 Å². The summed E-state index contributed by atoms with van der Waals surface area (Å²) in [4.78, 5) is 15.9. The van der Waals surface area contributed by atoms with Crippen molar-refractivity contribution in [2.75, 3.05) is 0 Å². The van der Waals surface area contributed by atoms with Gasteiger partial charge in [-0.2, -0.15) is 5.10 Å². The smallest absolute Gasteiger partial charge is 0.335 e. The van der Waals surface area contributed by atoms with E-state index >= 15 is 0 Å². The fraction of sp³-hybridized carbons (Fsp3) is 0.133. The molecular weight excluding hydrogens is 268 g/mol. The molecule has 0 spiro atoms. The zero-order valence-corrected chi connectivity index (χ0v) is 11.8. The van der Waals surface area contributed by atoms with Crippen LogP contribution in [0.25, 0.3) is 16.9 Å². The molecule has 3 heterocycles. The van der Waals surface area contributed by atoms with E-state index in [1.807, 2.05) is 29.0 Å². The second-order valence-corrected chi connectivity index (χ2v) is 4.59. The number of rotatable bonds is 3. The highest BCUT2D eigenvalue weighted by atomic mass is 16.5. The van der Waals surface area contributed by atoms with E-state index in [9.17, 15) is 4.79 Å². The number of esters is 1. The Kier molecular flexibility index (Phi) is 3.06. The Balaban J connectivity index is 2.22. The van der Waals surface area contributed by atoms with Crippen molar-refractivity contribution in [1.29, 1.82) is 0 Å². The average molecular weight is 282 g/mol. The van der Waals surface area contributed by atoms with Crippen LogP contribution >= 0.6 is 0 Å². The first-order valence-electron chi connectivity index (χ1n) is 6.42. The van der Waals surface area contributed by atoms with Crippen molar-refractivity contribution in [3.8, 4) is 11.6 Å². The number of ether oxygens (including phenoxy) is 1. The summed E-state index contributed by atoms with van der Waals surface area (Å²) in [5.41, 5.74) is 1.40. The molecule has 0 amide bonds. The SMILES string of the molecule is C=CC(=O)Oc1c(C)nn(C)c1-n1ccc2cccnc21. The number of hydrogen-bond donors (Lipinski definition) is 0. The molecule has 106 valence electrons. The molecule has 0 aromatic carbocycles. The predicted molar refractivity (Wildman–Crippen MR) is 78.4 cm³/mol. The van der Waals surface area contributed by atoms with Gasteiger partial charge in [0.1, 0.15) is 11.3 Å². The second kappa shape index (κ2) is 4.90. The first kappa shape index (κ1) is 13.1. The molecule has 0 radical (unpaired) electrons. The molecule has 0 unspecified atom stereocenters. The lowest BCUT2D eigenvalue weighted by Crippen LogP contribution is -2.08. The first-order chi connectivity index (χ1) is 10.1. The monoisotopic (exact) mass is 282 g/mol. The average Bonchev–Trinajstić information content (AvgIpc) is 3.00. The highest BCUT2D eigenvalue weighted by molar-refractivity contribution is 5.84. The molecule has 0 aliphatic carbocycles. The van der Waals surface area contributed by atoms with Crippen LogP contribution in [-0.2, 0) is 11.8 Å². The van der Waals surface area contributed by atoms with E-state index in [4.69, 9.17) is 4.74 Å². The van der Waals surface area contributed by atoms with Gasteiger partial charge in [0.2, 0.25) is 0 Å². The van der Waals surface area contributed by atoms with Crippen LogP contribution < -0.4 is 4.74 Å². The summed E-state index contributed by atoms with van der Waals surface area (Å²) in [6.45, 7) is 5.20. The summed E-state index contributed by atoms with van der Waals surface area (Å²) in [7, 11) is 1.79. The third-order valence-corrected chi connectivity index (χ3v) is 3.18. The molecule has 0 aliphatic rings. The van der Waals surface area contributed by atoms with Crippen LogP contribution in [0, 0.1) is 6.92 Å². The van der Waals surface area contributed by atoms with Crippen LogP contribution in [0.4, 0.5) is 0 Å². The van der Waals surface area contributed by atoms with Gasteiger partial charge in [0, 0.05) is 30.9 Å². The number of carbonyl (C=O) groups is 1. The molecule has 0 N–H and O–H groups in total. The van der Waals surface area contributed by atoms with Gasteiger partial charge in [0.25, 0.3) is 0 Å². The molecule has 0 atom stereocenters. The lowest BCUT2D eigenvalue weighted by molar-refractivity contribution is -0.129. The van der Waals surface area contributed by atoms with Crippen molar-refractivity contribution in [3.63, 3.8) is 0 Å². The summed E-state index contributed by atoms with van der Waals surface area (Å²) in [5.74, 6) is 0.540. The largest absolute Gasteiger partial charge is 0.417 e. The summed E-state index contributed by atoms with van der Waals surface area (Å²) in [5, 5.41) is 5.32. The number of pyridine rings is 1. The standard InChI is InChI=1S/C15H14N4O2/c1-4-12(20)21-13-10(2)17-18(3)15(13)19-9-7-11-6-5-8-16-14(11)19/h4-9H,1H2,2-3H3. The molecule has 3 aromatic rings. The van der Waals surface area contributed by atoms with E-state index in [-0.39, 0.29) is 0 Å². The van der Waals surface area contributed by atoms with Gasteiger partial charge in [-0.1, -0.05) is 6.58 Å². The fourth-order valence-electron chi connectivity index (χ4n) is 2.29. The van der Waals surface area contributed by atoms with Crippen LogP contribution in [0.5, 0.6) is 5.75 Å². The first-order valence-corrected chi connectivity index (χ1v) is 6.42. The number of carbonyl (C=O) groups excluding carboxylic acids is 1. The molecule has 0 saturated carbocycles. The highest BCUT2D eigenvalue weighted by Gasteiger charge is 2.20. The quantitative estimate of drug-likeness (QED) is 0.545. The van der Waals surface area contributed by atoms with Gasteiger partial charge >= 0.3 is 5.97 Å². The molecule has 0 saturated heterocycles. The maximum absolute atomic E-state index is 11.5. The van der Waals surface area contributed by atoms with Crippen molar-refractivity contribution >= 4 is 17.0 Å². The molecule has 0 fully saturated rings. The van der Waals surface area contributed by atoms with Gasteiger partial charge in [-0.25, -0.2) is 14.5 Å². The fourth-order valence-corrected chi connectivity index (χ4v) is 2.29. The molecule has 21 heavy (non-hydrogen) atoms. The van der Waals surface area contributed by atoms with Gasteiger partial charge < -0.3 is 4.74 Å². The summed E-state index contributed by atoms with van der Waals surface area (Å²) in [6, 6.07) is 5.79. The van der Waals surface area contributed by atoms with E-state index in [0.29, 0.717) is 17.3 Å². The van der Waals surface area contributed by atoms with Crippen LogP contribution in [-0.4, -0.2) is 25.3 Å². The Morgan fingerprint density at radius 3 is 3.00 bits per heavy atom. The minimum atomic E-state index is -0.517. The van der Waals surface area contributed by atoms with Gasteiger partial charge in [-0.15, -0.1) is 0 Å². The Hall–Kier alpha value is -2.89. The Bertz CT molecular complexity index is 845. The zero-order chi connectivity index (χ0) is 15.0.